The summed E-state index contributed by atoms with van der Waals surface area (Å²) in [7, 11) is 0. The van der Waals surface area contributed by atoms with Gasteiger partial charge in [-0.2, -0.15) is 0 Å². The van der Waals surface area contributed by atoms with Crippen molar-refractivity contribution in [1.29, 1.82) is 0 Å². The molecule has 1 atom stereocenters. The molecular weight excluding hydrogens is 245 g/mol. The molecule has 1 aliphatic heterocycles. The third-order valence-corrected chi connectivity index (χ3v) is 5.57. The molecule has 1 heterocycles. The fraction of sp³-hybridized carbons (Fsp3) is 0.588. The first-order valence-corrected chi connectivity index (χ1v) is 7.56. The Morgan fingerprint density at radius 3 is 2.35 bits per heavy atom. The second-order valence-corrected chi connectivity index (χ2v) is 7.52. The van der Waals surface area contributed by atoms with Crippen molar-refractivity contribution >= 4 is 18.5 Å². The van der Waals surface area contributed by atoms with Crippen LogP contribution in [0.25, 0.3) is 0 Å². The average Bonchev–Trinajstić information content (AvgIpc) is 2.60. The van der Waals surface area contributed by atoms with E-state index >= 15 is 0 Å². The van der Waals surface area contributed by atoms with Gasteiger partial charge < -0.3 is 10.5 Å². The van der Waals surface area contributed by atoms with Crippen LogP contribution in [-0.2, 0) is 4.79 Å². The van der Waals surface area contributed by atoms with Crippen LogP contribution >= 0.6 is 0 Å². The fourth-order valence-electron chi connectivity index (χ4n) is 3.41. The summed E-state index contributed by atoms with van der Waals surface area (Å²) in [5.41, 5.74) is 8.80. The van der Waals surface area contributed by atoms with Gasteiger partial charge in [-0.1, -0.05) is 70.1 Å². The first-order chi connectivity index (χ1) is 9.30. The smallest absolute Gasteiger partial charge is 0.176 e. The predicted molar refractivity (Wildman–Crippen MR) is 86.9 cm³/mol. The standard InChI is InChI=1S/C17H26BNO/c1-16(2)11-18(12-17(16,3)4)15-7-5-6-13(8-15)14(9-19)10-20/h5-8,10,14H,9,11-12,19H2,1-4H3. The molecule has 0 radical (unpaired) electrons. The topological polar surface area (TPSA) is 43.1 Å². The molecule has 0 aromatic heterocycles. The van der Waals surface area contributed by atoms with Gasteiger partial charge in [0.15, 0.2) is 6.71 Å². The molecule has 0 amide bonds. The molecule has 1 aromatic rings. The Hall–Kier alpha value is -1.09. The van der Waals surface area contributed by atoms with E-state index in [1.807, 2.05) is 6.07 Å². The van der Waals surface area contributed by atoms with Gasteiger partial charge in [0.1, 0.15) is 6.29 Å². The highest BCUT2D eigenvalue weighted by molar-refractivity contribution is 6.74. The van der Waals surface area contributed by atoms with E-state index in [0.29, 0.717) is 24.1 Å². The van der Waals surface area contributed by atoms with Crippen molar-refractivity contribution in [3.05, 3.63) is 29.8 Å². The number of benzene rings is 1. The Morgan fingerprint density at radius 1 is 1.25 bits per heavy atom. The second-order valence-electron chi connectivity index (χ2n) is 7.52. The Kier molecular flexibility index (Phi) is 4.10. The summed E-state index contributed by atoms with van der Waals surface area (Å²) in [6.07, 6.45) is 3.37. The van der Waals surface area contributed by atoms with E-state index in [2.05, 4.69) is 45.9 Å². The molecule has 0 bridgehead atoms. The number of nitrogens with two attached hydrogens (primary N) is 1. The molecule has 108 valence electrons. The number of aldehydes is 1. The SMILES string of the molecule is CC1(C)CB(c2cccc(C(C=O)CN)c2)CC1(C)C. The van der Waals surface area contributed by atoms with Crippen LogP contribution < -0.4 is 11.2 Å². The maximum Gasteiger partial charge on any atom is 0.176 e. The second kappa shape index (κ2) is 5.36. The predicted octanol–water partition coefficient (Wildman–Crippen LogP) is 2.70. The van der Waals surface area contributed by atoms with Gasteiger partial charge in [-0.3, -0.25) is 0 Å². The van der Waals surface area contributed by atoms with Gasteiger partial charge in [-0.05, 0) is 16.4 Å². The summed E-state index contributed by atoms with van der Waals surface area (Å²) in [5.74, 6) is -0.169. The third-order valence-electron chi connectivity index (χ3n) is 5.57. The number of hydrogen-bond acceptors (Lipinski definition) is 2. The van der Waals surface area contributed by atoms with Crippen LogP contribution in [0.15, 0.2) is 24.3 Å². The lowest BCUT2D eigenvalue weighted by atomic mass is 9.42. The first-order valence-electron chi connectivity index (χ1n) is 7.56. The lowest BCUT2D eigenvalue weighted by Gasteiger charge is -2.35. The molecule has 20 heavy (non-hydrogen) atoms. The van der Waals surface area contributed by atoms with Crippen molar-refractivity contribution in [2.75, 3.05) is 6.54 Å². The van der Waals surface area contributed by atoms with Gasteiger partial charge in [-0.15, -0.1) is 0 Å². The largest absolute Gasteiger partial charge is 0.329 e. The zero-order chi connectivity index (χ0) is 15.0. The van der Waals surface area contributed by atoms with Gasteiger partial charge in [0.05, 0.1) is 5.92 Å². The van der Waals surface area contributed by atoms with Gasteiger partial charge in [0.25, 0.3) is 0 Å². The summed E-state index contributed by atoms with van der Waals surface area (Å²) >= 11 is 0. The molecule has 0 spiro atoms. The van der Waals surface area contributed by atoms with E-state index in [9.17, 15) is 4.79 Å². The molecule has 0 aliphatic carbocycles. The molecule has 1 fully saturated rings. The Bertz CT molecular complexity index is 480. The molecule has 2 nitrogen and oxygen atoms in total. The molecule has 1 aromatic carbocycles. The zero-order valence-electron chi connectivity index (χ0n) is 13.1. The Morgan fingerprint density at radius 2 is 1.85 bits per heavy atom. The number of hydrogen-bond donors (Lipinski definition) is 1. The van der Waals surface area contributed by atoms with E-state index in [0.717, 1.165) is 11.8 Å². The zero-order valence-corrected chi connectivity index (χ0v) is 13.1. The van der Waals surface area contributed by atoms with Crippen molar-refractivity contribution in [2.45, 2.75) is 46.3 Å². The lowest BCUT2D eigenvalue weighted by molar-refractivity contribution is -0.108. The maximum atomic E-state index is 11.1. The monoisotopic (exact) mass is 271 g/mol. The average molecular weight is 271 g/mol. The lowest BCUT2D eigenvalue weighted by Crippen LogP contribution is -2.29. The van der Waals surface area contributed by atoms with E-state index in [-0.39, 0.29) is 5.92 Å². The van der Waals surface area contributed by atoms with Crippen molar-refractivity contribution in [2.24, 2.45) is 16.6 Å². The molecule has 1 aliphatic rings. The van der Waals surface area contributed by atoms with Crippen LogP contribution in [0.1, 0.15) is 39.2 Å². The van der Waals surface area contributed by atoms with Gasteiger partial charge in [0.2, 0.25) is 0 Å². The van der Waals surface area contributed by atoms with E-state index < -0.39 is 0 Å². The Labute approximate surface area is 123 Å². The minimum absolute atomic E-state index is 0.169. The van der Waals surface area contributed by atoms with Crippen molar-refractivity contribution in [3.63, 3.8) is 0 Å². The molecule has 2 N–H and O–H groups in total. The fourth-order valence-corrected chi connectivity index (χ4v) is 3.41. The molecule has 1 saturated heterocycles. The van der Waals surface area contributed by atoms with E-state index in [1.165, 1.54) is 18.1 Å². The third kappa shape index (κ3) is 2.69. The van der Waals surface area contributed by atoms with Gasteiger partial charge >= 0.3 is 0 Å². The van der Waals surface area contributed by atoms with E-state index in [1.54, 1.807) is 0 Å². The van der Waals surface area contributed by atoms with Crippen LogP contribution in [-0.4, -0.2) is 19.5 Å². The minimum atomic E-state index is -0.169. The number of carbonyl (C=O) groups is 1. The number of carbonyl (C=O) groups excluding carboxylic acids is 1. The van der Waals surface area contributed by atoms with Crippen molar-refractivity contribution < 1.29 is 4.79 Å². The Balaban J connectivity index is 2.27. The molecule has 1 unspecified atom stereocenters. The normalized spacial score (nSPS) is 21.8. The van der Waals surface area contributed by atoms with Crippen LogP contribution in [0.5, 0.6) is 0 Å². The molecule has 0 saturated carbocycles. The van der Waals surface area contributed by atoms with Crippen LogP contribution in [0.2, 0.25) is 12.6 Å². The van der Waals surface area contributed by atoms with Crippen LogP contribution in [0.3, 0.4) is 0 Å². The number of rotatable bonds is 4. The summed E-state index contributed by atoms with van der Waals surface area (Å²) in [6, 6.07) is 8.47. The first kappa shape index (κ1) is 15.3. The minimum Gasteiger partial charge on any atom is -0.329 e. The van der Waals surface area contributed by atoms with Gasteiger partial charge in [0, 0.05) is 6.54 Å². The molecular formula is C17H26BNO. The van der Waals surface area contributed by atoms with E-state index in [4.69, 9.17) is 5.73 Å². The maximum absolute atomic E-state index is 11.1. The highest BCUT2D eigenvalue weighted by atomic mass is 16.1. The summed E-state index contributed by atoms with van der Waals surface area (Å²) < 4.78 is 0. The summed E-state index contributed by atoms with van der Waals surface area (Å²) in [5, 5.41) is 0. The van der Waals surface area contributed by atoms with Crippen molar-refractivity contribution in [3.8, 4) is 0 Å². The highest BCUT2D eigenvalue weighted by Crippen LogP contribution is 2.52. The molecule has 2 rings (SSSR count). The quantitative estimate of drug-likeness (QED) is 0.676. The highest BCUT2D eigenvalue weighted by Gasteiger charge is 2.47. The summed E-state index contributed by atoms with van der Waals surface area (Å²) in [4.78, 5) is 11.1. The van der Waals surface area contributed by atoms with Crippen molar-refractivity contribution in [1.82, 2.24) is 0 Å². The molecule has 3 heteroatoms. The summed E-state index contributed by atoms with van der Waals surface area (Å²) in [6.45, 7) is 10.4. The van der Waals surface area contributed by atoms with Gasteiger partial charge in [-0.25, -0.2) is 0 Å². The van der Waals surface area contributed by atoms with Crippen LogP contribution in [0.4, 0.5) is 0 Å². The van der Waals surface area contributed by atoms with Crippen LogP contribution in [0, 0.1) is 10.8 Å².